The largest absolute Gasteiger partial charge is 0.423 e. The second kappa shape index (κ2) is 12.2. The van der Waals surface area contributed by atoms with E-state index in [-0.39, 0.29) is 22.5 Å². The van der Waals surface area contributed by atoms with E-state index >= 15 is 0 Å². The Bertz CT molecular complexity index is 1550. The number of likely N-dealkylation sites (N-methyl/N-ethyl adjacent to an activating group) is 1. The van der Waals surface area contributed by atoms with Gasteiger partial charge in [-0.05, 0) is 84.4 Å². The van der Waals surface area contributed by atoms with Gasteiger partial charge in [0.1, 0.15) is 5.75 Å². The van der Waals surface area contributed by atoms with Crippen molar-refractivity contribution in [1.82, 2.24) is 0 Å². The molecule has 0 saturated heterocycles. The van der Waals surface area contributed by atoms with Crippen LogP contribution in [0.25, 0.3) is 6.08 Å². The molecule has 0 aromatic heterocycles. The summed E-state index contributed by atoms with van der Waals surface area (Å²) in [5, 5.41) is 8.21. The standard InChI is InChI=1S/C29H24N3O6P/c1-32(28(33)20-7-21-5-3-2-4-6-21)25-14-12-24(13-15-25)31-30-23-10-8-22(9-11-23)29(34)38-26-16-18-27(19-17-26)39(35,36)37/h2-20H,1H3,(H2,35,36,37). The maximum absolute atomic E-state index is 12.5. The number of hydrogen-bond acceptors (Lipinski definition) is 6. The number of carbonyl (C=O) groups is 2. The van der Waals surface area contributed by atoms with E-state index < -0.39 is 13.6 Å². The van der Waals surface area contributed by atoms with E-state index in [0.29, 0.717) is 17.1 Å². The van der Waals surface area contributed by atoms with Crippen molar-refractivity contribution in [2.75, 3.05) is 11.9 Å². The summed E-state index contributed by atoms with van der Waals surface area (Å²) in [7, 11) is -2.67. The minimum Gasteiger partial charge on any atom is -0.423 e. The van der Waals surface area contributed by atoms with Gasteiger partial charge in [0.25, 0.3) is 5.91 Å². The third kappa shape index (κ3) is 7.66. The molecule has 1 amide bonds. The predicted octanol–water partition coefficient (Wildman–Crippen LogP) is 5.80. The van der Waals surface area contributed by atoms with Crippen molar-refractivity contribution >= 4 is 47.9 Å². The fourth-order valence-corrected chi connectivity index (χ4v) is 3.91. The fraction of sp³-hybridized carbons (Fsp3) is 0.0345. The lowest BCUT2D eigenvalue weighted by Crippen LogP contribution is -2.23. The molecule has 0 fully saturated rings. The summed E-state index contributed by atoms with van der Waals surface area (Å²) in [6, 6.07) is 27.9. The Morgan fingerprint density at radius 2 is 1.36 bits per heavy atom. The molecule has 0 aliphatic heterocycles. The van der Waals surface area contributed by atoms with Crippen LogP contribution in [0.4, 0.5) is 17.1 Å². The van der Waals surface area contributed by atoms with Crippen LogP contribution in [0.3, 0.4) is 0 Å². The number of ether oxygens (including phenoxy) is 1. The Balaban J connectivity index is 1.33. The first kappa shape index (κ1) is 27.3. The summed E-state index contributed by atoms with van der Waals surface area (Å²) in [5.41, 5.74) is 3.01. The first-order valence-electron chi connectivity index (χ1n) is 11.7. The quantitative estimate of drug-likeness (QED) is 0.0954. The summed E-state index contributed by atoms with van der Waals surface area (Å²) in [6.07, 6.45) is 3.28. The van der Waals surface area contributed by atoms with Gasteiger partial charge in [-0.25, -0.2) is 4.79 Å². The van der Waals surface area contributed by atoms with Crippen LogP contribution in [0.15, 0.2) is 119 Å². The third-order valence-corrected chi connectivity index (χ3v) is 6.52. The number of carbonyl (C=O) groups excluding carboxylic acids is 2. The molecule has 0 heterocycles. The van der Waals surface area contributed by atoms with Crippen LogP contribution in [0, 0.1) is 0 Å². The number of rotatable bonds is 8. The third-order valence-electron chi connectivity index (χ3n) is 5.55. The zero-order chi connectivity index (χ0) is 27.8. The van der Waals surface area contributed by atoms with Gasteiger partial charge in [-0.15, -0.1) is 0 Å². The highest BCUT2D eigenvalue weighted by atomic mass is 31.2. The summed E-state index contributed by atoms with van der Waals surface area (Å²) >= 11 is 0. The molecule has 196 valence electrons. The number of anilines is 1. The van der Waals surface area contributed by atoms with Gasteiger partial charge in [0, 0.05) is 18.8 Å². The molecule has 0 spiro atoms. The molecule has 0 atom stereocenters. The van der Waals surface area contributed by atoms with Crippen LogP contribution in [-0.2, 0) is 9.36 Å². The number of azo groups is 1. The summed E-state index contributed by atoms with van der Waals surface area (Å²) in [5.74, 6) is -0.635. The fourth-order valence-electron chi connectivity index (χ4n) is 3.37. The Morgan fingerprint density at radius 3 is 1.92 bits per heavy atom. The van der Waals surface area contributed by atoms with Crippen molar-refractivity contribution in [3.63, 3.8) is 0 Å². The van der Waals surface area contributed by atoms with Crippen molar-refractivity contribution in [2.45, 2.75) is 0 Å². The molecule has 4 aromatic rings. The Morgan fingerprint density at radius 1 is 0.795 bits per heavy atom. The smallest absolute Gasteiger partial charge is 0.356 e. The maximum Gasteiger partial charge on any atom is 0.356 e. The second-order valence-corrected chi connectivity index (χ2v) is 9.94. The summed E-state index contributed by atoms with van der Waals surface area (Å²) in [4.78, 5) is 44.7. The van der Waals surface area contributed by atoms with Gasteiger partial charge >= 0.3 is 13.6 Å². The van der Waals surface area contributed by atoms with Crippen molar-refractivity contribution in [3.05, 3.63) is 120 Å². The molecule has 0 aliphatic rings. The van der Waals surface area contributed by atoms with E-state index in [1.807, 2.05) is 30.3 Å². The highest BCUT2D eigenvalue weighted by Crippen LogP contribution is 2.33. The minimum absolute atomic E-state index is 0.156. The normalized spacial score (nSPS) is 11.6. The molecule has 4 aromatic carbocycles. The molecule has 0 aliphatic carbocycles. The molecule has 10 heteroatoms. The zero-order valence-electron chi connectivity index (χ0n) is 20.8. The molecule has 2 N–H and O–H groups in total. The summed E-state index contributed by atoms with van der Waals surface area (Å²) < 4.78 is 16.5. The average Bonchev–Trinajstić information content (AvgIpc) is 2.95. The van der Waals surface area contributed by atoms with E-state index in [9.17, 15) is 14.2 Å². The second-order valence-electron chi connectivity index (χ2n) is 8.33. The molecule has 0 saturated carbocycles. The van der Waals surface area contributed by atoms with Crippen LogP contribution in [0.5, 0.6) is 5.75 Å². The van der Waals surface area contributed by atoms with Gasteiger partial charge in [-0.2, -0.15) is 10.2 Å². The molecule has 0 unspecified atom stereocenters. The lowest BCUT2D eigenvalue weighted by molar-refractivity contribution is -0.113. The van der Waals surface area contributed by atoms with Gasteiger partial charge in [-0.1, -0.05) is 30.3 Å². The molecule has 0 bridgehead atoms. The molecule has 9 nitrogen and oxygen atoms in total. The van der Waals surface area contributed by atoms with Crippen LogP contribution in [0.1, 0.15) is 15.9 Å². The van der Waals surface area contributed by atoms with Gasteiger partial charge in [-0.3, -0.25) is 9.36 Å². The number of esters is 1. The van der Waals surface area contributed by atoms with Crippen molar-refractivity contribution in [1.29, 1.82) is 0 Å². The van der Waals surface area contributed by atoms with Crippen molar-refractivity contribution < 1.29 is 28.7 Å². The zero-order valence-corrected chi connectivity index (χ0v) is 21.7. The highest BCUT2D eigenvalue weighted by Gasteiger charge is 2.17. The first-order valence-corrected chi connectivity index (χ1v) is 13.3. The monoisotopic (exact) mass is 541 g/mol. The van der Waals surface area contributed by atoms with Gasteiger partial charge in [0.2, 0.25) is 0 Å². The van der Waals surface area contributed by atoms with Crippen LogP contribution >= 0.6 is 7.60 Å². The number of hydrogen-bond donors (Lipinski definition) is 2. The van der Waals surface area contributed by atoms with Crippen LogP contribution in [-0.4, -0.2) is 28.7 Å². The van der Waals surface area contributed by atoms with E-state index in [2.05, 4.69) is 10.2 Å². The predicted molar refractivity (Wildman–Crippen MR) is 149 cm³/mol. The molecular weight excluding hydrogens is 517 g/mol. The number of benzene rings is 4. The van der Waals surface area contributed by atoms with E-state index in [4.69, 9.17) is 14.5 Å². The Kier molecular flexibility index (Phi) is 8.58. The molecule has 39 heavy (non-hydrogen) atoms. The number of amides is 1. The Labute approximate surface area is 224 Å². The van der Waals surface area contributed by atoms with Crippen molar-refractivity contribution in [3.8, 4) is 5.75 Å². The molecular formula is C29H24N3O6P. The SMILES string of the molecule is CN(C(=O)C=Cc1ccccc1)c1ccc(N=Nc2ccc(C(=O)Oc3ccc(P(=O)(O)O)cc3)cc2)cc1. The van der Waals surface area contributed by atoms with Gasteiger partial charge in [0.15, 0.2) is 0 Å². The van der Waals surface area contributed by atoms with Crippen LogP contribution < -0.4 is 14.9 Å². The topological polar surface area (TPSA) is 129 Å². The lowest BCUT2D eigenvalue weighted by Gasteiger charge is -2.15. The first-order chi connectivity index (χ1) is 18.7. The lowest BCUT2D eigenvalue weighted by atomic mass is 10.2. The molecule has 4 rings (SSSR count). The molecule has 0 radical (unpaired) electrons. The van der Waals surface area contributed by atoms with E-state index in [1.54, 1.807) is 49.5 Å². The minimum atomic E-state index is -4.37. The summed E-state index contributed by atoms with van der Waals surface area (Å²) in [6.45, 7) is 0. The van der Waals surface area contributed by atoms with Gasteiger partial charge in [0.05, 0.1) is 22.2 Å². The van der Waals surface area contributed by atoms with Gasteiger partial charge < -0.3 is 19.4 Å². The number of nitrogens with zero attached hydrogens (tertiary/aromatic N) is 3. The average molecular weight is 542 g/mol. The van der Waals surface area contributed by atoms with Crippen molar-refractivity contribution in [2.24, 2.45) is 10.2 Å². The van der Waals surface area contributed by atoms with E-state index in [1.165, 1.54) is 47.4 Å². The van der Waals surface area contributed by atoms with Crippen LogP contribution in [0.2, 0.25) is 0 Å². The Hall–Kier alpha value is -4.69. The maximum atomic E-state index is 12.5. The van der Waals surface area contributed by atoms with E-state index in [0.717, 1.165) is 5.56 Å². The highest BCUT2D eigenvalue weighted by molar-refractivity contribution is 7.60.